The van der Waals surface area contributed by atoms with E-state index in [1.165, 1.54) is 5.56 Å². The third-order valence-corrected chi connectivity index (χ3v) is 4.02. The summed E-state index contributed by atoms with van der Waals surface area (Å²) in [7, 11) is 0. The van der Waals surface area contributed by atoms with Gasteiger partial charge in [-0.15, -0.1) is 0 Å². The van der Waals surface area contributed by atoms with E-state index in [0.717, 1.165) is 25.7 Å². The second kappa shape index (κ2) is 6.82. The van der Waals surface area contributed by atoms with Gasteiger partial charge >= 0.3 is 0 Å². The molecule has 0 radical (unpaired) electrons. The van der Waals surface area contributed by atoms with E-state index in [4.69, 9.17) is 23.2 Å². The molecule has 0 spiro atoms. The van der Waals surface area contributed by atoms with Gasteiger partial charge in [-0.2, -0.15) is 0 Å². The standard InChI is InChI=1S/C15H14Cl2IN/c1-10(8-11-2-4-12(16)5-3-11)19-15-7-6-13(18)9-14(15)17/h2-7,9-10,19H,8H2,1H3. The lowest BCUT2D eigenvalue weighted by Crippen LogP contribution is -2.18. The highest BCUT2D eigenvalue weighted by atomic mass is 127. The van der Waals surface area contributed by atoms with E-state index in [2.05, 4.69) is 47.0 Å². The van der Waals surface area contributed by atoms with Crippen LogP contribution >= 0.6 is 45.8 Å². The Morgan fingerprint density at radius 3 is 2.42 bits per heavy atom. The molecule has 0 saturated carbocycles. The summed E-state index contributed by atoms with van der Waals surface area (Å²) in [5.41, 5.74) is 2.23. The van der Waals surface area contributed by atoms with Gasteiger partial charge in [-0.25, -0.2) is 0 Å². The molecule has 100 valence electrons. The van der Waals surface area contributed by atoms with E-state index in [-0.39, 0.29) is 0 Å². The molecule has 2 rings (SSSR count). The first kappa shape index (κ1) is 14.9. The number of rotatable bonds is 4. The molecular weight excluding hydrogens is 392 g/mol. The molecule has 1 N–H and O–H groups in total. The van der Waals surface area contributed by atoms with Gasteiger partial charge in [-0.3, -0.25) is 0 Å². The van der Waals surface area contributed by atoms with Crippen molar-refractivity contribution in [1.82, 2.24) is 0 Å². The summed E-state index contributed by atoms with van der Waals surface area (Å²) < 4.78 is 1.14. The molecule has 0 aliphatic heterocycles. The van der Waals surface area contributed by atoms with Gasteiger partial charge in [0, 0.05) is 14.6 Å². The Bertz CT molecular complexity index is 555. The molecule has 0 bridgehead atoms. The van der Waals surface area contributed by atoms with Gasteiger partial charge in [-0.1, -0.05) is 35.3 Å². The number of benzene rings is 2. The highest BCUT2D eigenvalue weighted by molar-refractivity contribution is 14.1. The maximum atomic E-state index is 6.21. The second-order valence-corrected chi connectivity index (χ2v) is 6.59. The Hall–Kier alpha value is -0.450. The van der Waals surface area contributed by atoms with Crippen molar-refractivity contribution >= 4 is 51.5 Å². The van der Waals surface area contributed by atoms with Gasteiger partial charge in [0.15, 0.2) is 0 Å². The van der Waals surface area contributed by atoms with Crippen LogP contribution in [0.25, 0.3) is 0 Å². The lowest BCUT2D eigenvalue weighted by Gasteiger charge is -2.16. The summed E-state index contributed by atoms with van der Waals surface area (Å²) in [6.45, 7) is 2.14. The molecule has 0 fully saturated rings. The normalized spacial score (nSPS) is 12.2. The third kappa shape index (κ3) is 4.55. The average Bonchev–Trinajstić information content (AvgIpc) is 2.36. The van der Waals surface area contributed by atoms with Crippen molar-refractivity contribution in [2.45, 2.75) is 19.4 Å². The predicted octanol–water partition coefficient (Wildman–Crippen LogP) is 5.64. The highest BCUT2D eigenvalue weighted by Gasteiger charge is 2.06. The topological polar surface area (TPSA) is 12.0 Å². The van der Waals surface area contributed by atoms with Crippen molar-refractivity contribution in [3.8, 4) is 0 Å². The number of nitrogens with one attached hydrogen (secondary N) is 1. The van der Waals surface area contributed by atoms with Crippen molar-refractivity contribution in [2.75, 3.05) is 5.32 Å². The largest absolute Gasteiger partial charge is 0.381 e. The highest BCUT2D eigenvalue weighted by Crippen LogP contribution is 2.25. The van der Waals surface area contributed by atoms with Crippen molar-refractivity contribution in [3.05, 3.63) is 61.6 Å². The van der Waals surface area contributed by atoms with Gasteiger partial charge in [0.05, 0.1) is 10.7 Å². The Morgan fingerprint density at radius 2 is 1.79 bits per heavy atom. The molecule has 0 aliphatic carbocycles. The molecule has 2 aromatic rings. The number of hydrogen-bond acceptors (Lipinski definition) is 1. The second-order valence-electron chi connectivity index (χ2n) is 4.50. The van der Waals surface area contributed by atoms with Crippen LogP contribution in [0, 0.1) is 3.57 Å². The van der Waals surface area contributed by atoms with Gasteiger partial charge in [0.2, 0.25) is 0 Å². The van der Waals surface area contributed by atoms with Gasteiger partial charge in [0.25, 0.3) is 0 Å². The lowest BCUT2D eigenvalue weighted by atomic mass is 10.1. The zero-order chi connectivity index (χ0) is 13.8. The van der Waals surface area contributed by atoms with Gasteiger partial charge in [0.1, 0.15) is 0 Å². The Morgan fingerprint density at radius 1 is 1.11 bits per heavy atom. The molecule has 4 heteroatoms. The number of hydrogen-bond donors (Lipinski definition) is 1. The fraction of sp³-hybridized carbons (Fsp3) is 0.200. The minimum absolute atomic E-state index is 0.304. The molecule has 1 atom stereocenters. The average molecular weight is 406 g/mol. The van der Waals surface area contributed by atoms with Crippen LogP contribution in [0.15, 0.2) is 42.5 Å². The summed E-state index contributed by atoms with van der Waals surface area (Å²) in [6.07, 6.45) is 0.930. The summed E-state index contributed by atoms with van der Waals surface area (Å²) >= 11 is 14.3. The van der Waals surface area contributed by atoms with Crippen molar-refractivity contribution in [3.63, 3.8) is 0 Å². The zero-order valence-corrected chi connectivity index (χ0v) is 14.1. The first-order valence-corrected chi connectivity index (χ1v) is 7.84. The van der Waals surface area contributed by atoms with Crippen LogP contribution in [0.3, 0.4) is 0 Å². The Kier molecular flexibility index (Phi) is 5.37. The minimum atomic E-state index is 0.304. The molecule has 0 heterocycles. The lowest BCUT2D eigenvalue weighted by molar-refractivity contribution is 0.790. The predicted molar refractivity (Wildman–Crippen MR) is 92.4 cm³/mol. The van der Waals surface area contributed by atoms with E-state index in [0.29, 0.717) is 6.04 Å². The van der Waals surface area contributed by atoms with Crippen LogP contribution < -0.4 is 5.32 Å². The smallest absolute Gasteiger partial charge is 0.0648 e. The molecule has 19 heavy (non-hydrogen) atoms. The van der Waals surface area contributed by atoms with E-state index in [9.17, 15) is 0 Å². The van der Waals surface area contributed by atoms with Crippen LogP contribution in [0.2, 0.25) is 10.0 Å². The van der Waals surface area contributed by atoms with Gasteiger partial charge < -0.3 is 5.32 Å². The van der Waals surface area contributed by atoms with Crippen LogP contribution in [0.4, 0.5) is 5.69 Å². The fourth-order valence-corrected chi connectivity index (χ4v) is 2.93. The number of anilines is 1. The van der Waals surface area contributed by atoms with Crippen LogP contribution in [0.5, 0.6) is 0 Å². The Labute approximate surface area is 137 Å². The number of halogens is 3. The van der Waals surface area contributed by atoms with Crippen LogP contribution in [0.1, 0.15) is 12.5 Å². The summed E-state index contributed by atoms with van der Waals surface area (Å²) in [6, 6.07) is 14.3. The monoisotopic (exact) mass is 405 g/mol. The van der Waals surface area contributed by atoms with E-state index < -0.39 is 0 Å². The summed E-state index contributed by atoms with van der Waals surface area (Å²) in [4.78, 5) is 0. The van der Waals surface area contributed by atoms with E-state index in [1.54, 1.807) is 0 Å². The van der Waals surface area contributed by atoms with Crippen LogP contribution in [-0.4, -0.2) is 6.04 Å². The van der Waals surface area contributed by atoms with E-state index >= 15 is 0 Å². The summed E-state index contributed by atoms with van der Waals surface area (Å²) in [5, 5.41) is 4.96. The maximum Gasteiger partial charge on any atom is 0.0648 e. The first-order chi connectivity index (χ1) is 9.04. The molecule has 0 amide bonds. The van der Waals surface area contributed by atoms with Crippen molar-refractivity contribution in [2.24, 2.45) is 0 Å². The molecular formula is C15H14Cl2IN. The molecule has 0 aliphatic rings. The summed E-state index contributed by atoms with van der Waals surface area (Å²) in [5.74, 6) is 0. The Balaban J connectivity index is 2.01. The van der Waals surface area contributed by atoms with E-state index in [1.807, 2.05) is 30.3 Å². The first-order valence-electron chi connectivity index (χ1n) is 6.00. The molecule has 2 aromatic carbocycles. The van der Waals surface area contributed by atoms with Crippen molar-refractivity contribution < 1.29 is 0 Å². The molecule has 1 unspecified atom stereocenters. The maximum absolute atomic E-state index is 6.21. The minimum Gasteiger partial charge on any atom is -0.381 e. The van der Waals surface area contributed by atoms with Gasteiger partial charge in [-0.05, 0) is 71.8 Å². The molecule has 0 saturated heterocycles. The molecule has 1 nitrogen and oxygen atoms in total. The van der Waals surface area contributed by atoms with Crippen LogP contribution in [-0.2, 0) is 6.42 Å². The quantitative estimate of drug-likeness (QED) is 0.649. The zero-order valence-electron chi connectivity index (χ0n) is 10.5. The SMILES string of the molecule is CC(Cc1ccc(Cl)cc1)Nc1ccc(I)cc1Cl. The van der Waals surface area contributed by atoms with Crippen molar-refractivity contribution in [1.29, 1.82) is 0 Å². The fourth-order valence-electron chi connectivity index (χ4n) is 1.90. The molecule has 0 aromatic heterocycles. The third-order valence-electron chi connectivity index (χ3n) is 2.79.